The molecular weight excluding hydrogens is 420 g/mol. The summed E-state index contributed by atoms with van der Waals surface area (Å²) in [6, 6.07) is 15.4. The number of benzene rings is 2. The van der Waals surface area contributed by atoms with E-state index in [4.69, 9.17) is 9.84 Å². The molecule has 2 unspecified atom stereocenters. The van der Waals surface area contributed by atoms with Crippen LogP contribution in [0, 0.1) is 5.92 Å². The number of carbonyl (C=O) groups excluding carboxylic acids is 2. The van der Waals surface area contributed by atoms with E-state index in [-0.39, 0.29) is 37.2 Å². The third-order valence-corrected chi connectivity index (χ3v) is 6.14. The van der Waals surface area contributed by atoms with E-state index in [0.717, 1.165) is 22.3 Å². The number of aliphatic carboxylic acids is 1. The quantitative estimate of drug-likeness (QED) is 0.498. The number of hydrogen-bond donors (Lipinski definition) is 3. The topological polar surface area (TPSA) is 105 Å². The highest BCUT2D eigenvalue weighted by atomic mass is 16.5. The van der Waals surface area contributed by atoms with Gasteiger partial charge in [0, 0.05) is 24.4 Å². The molecule has 33 heavy (non-hydrogen) atoms. The molecule has 2 aromatic carbocycles. The number of carbonyl (C=O) groups is 3. The fraction of sp³-hybridized carbons (Fsp3) is 0.423. The van der Waals surface area contributed by atoms with Gasteiger partial charge >= 0.3 is 12.1 Å². The summed E-state index contributed by atoms with van der Waals surface area (Å²) in [4.78, 5) is 36.0. The van der Waals surface area contributed by atoms with E-state index < -0.39 is 24.1 Å². The Hall–Kier alpha value is -3.35. The van der Waals surface area contributed by atoms with Gasteiger partial charge in [0.1, 0.15) is 6.61 Å². The summed E-state index contributed by atoms with van der Waals surface area (Å²) in [6.45, 7) is 5.80. The molecule has 0 radical (unpaired) electrons. The lowest BCUT2D eigenvalue weighted by Gasteiger charge is -2.23. The van der Waals surface area contributed by atoms with E-state index in [0.29, 0.717) is 6.42 Å². The van der Waals surface area contributed by atoms with Crippen LogP contribution in [0.4, 0.5) is 4.79 Å². The van der Waals surface area contributed by atoms with Crippen molar-refractivity contribution in [1.82, 2.24) is 10.6 Å². The smallest absolute Gasteiger partial charge is 0.407 e. The number of carboxylic acid groups (broad SMARTS) is 1. The highest BCUT2D eigenvalue weighted by Gasteiger charge is 2.29. The lowest BCUT2D eigenvalue weighted by molar-refractivity contribution is -0.138. The third-order valence-electron chi connectivity index (χ3n) is 6.14. The molecule has 3 rings (SSSR count). The molecule has 0 saturated heterocycles. The van der Waals surface area contributed by atoms with Crippen LogP contribution in [0.5, 0.6) is 0 Å². The second-order valence-corrected chi connectivity index (χ2v) is 8.80. The number of carboxylic acids is 1. The van der Waals surface area contributed by atoms with E-state index in [9.17, 15) is 14.4 Å². The molecule has 0 aromatic heterocycles. The Morgan fingerprint density at radius 3 is 2.03 bits per heavy atom. The molecule has 0 spiro atoms. The fourth-order valence-corrected chi connectivity index (χ4v) is 4.24. The van der Waals surface area contributed by atoms with Crippen LogP contribution in [0.2, 0.25) is 0 Å². The van der Waals surface area contributed by atoms with Gasteiger partial charge in [0.15, 0.2) is 0 Å². The molecule has 2 atom stereocenters. The van der Waals surface area contributed by atoms with Crippen LogP contribution < -0.4 is 10.6 Å². The maximum atomic E-state index is 12.5. The molecule has 2 aromatic rings. The minimum atomic E-state index is -0.960. The molecule has 1 aliphatic carbocycles. The van der Waals surface area contributed by atoms with Crippen molar-refractivity contribution in [3.63, 3.8) is 0 Å². The number of rotatable bonds is 10. The van der Waals surface area contributed by atoms with Crippen molar-refractivity contribution in [2.75, 3.05) is 6.61 Å². The predicted molar refractivity (Wildman–Crippen MR) is 126 cm³/mol. The summed E-state index contributed by atoms with van der Waals surface area (Å²) in [6.07, 6.45) is -0.102. The first-order chi connectivity index (χ1) is 15.8. The Bertz CT molecular complexity index is 958. The van der Waals surface area contributed by atoms with Gasteiger partial charge in [0.25, 0.3) is 0 Å². The summed E-state index contributed by atoms with van der Waals surface area (Å²) in [5.74, 6) is -1.30. The molecule has 3 N–H and O–H groups in total. The molecule has 0 saturated carbocycles. The number of fused-ring (bicyclic) bond motifs is 3. The molecule has 1 aliphatic rings. The van der Waals surface area contributed by atoms with E-state index in [1.807, 2.05) is 45.0 Å². The number of ether oxygens (including phenoxy) is 1. The molecular formula is C26H32N2O5. The van der Waals surface area contributed by atoms with Gasteiger partial charge in [-0.3, -0.25) is 9.59 Å². The minimum absolute atomic E-state index is 0.0137. The molecule has 0 aliphatic heterocycles. The molecule has 2 amide bonds. The van der Waals surface area contributed by atoms with Crippen molar-refractivity contribution in [3.05, 3.63) is 59.7 Å². The maximum absolute atomic E-state index is 12.5. The third kappa shape index (κ3) is 6.12. The van der Waals surface area contributed by atoms with Gasteiger partial charge in [0.2, 0.25) is 5.91 Å². The van der Waals surface area contributed by atoms with Crippen LogP contribution in [-0.2, 0) is 14.3 Å². The SMILES string of the molecule is CCC(CC(=O)NC(CC(=O)O)C(C)C)NC(=O)OCC1c2ccccc2-c2ccccc21. The zero-order valence-corrected chi connectivity index (χ0v) is 19.3. The standard InChI is InChI=1S/C26H32N2O5/c1-4-17(13-24(29)28-23(16(2)3)14-25(30)31)27-26(32)33-15-22-20-11-7-5-9-18(20)19-10-6-8-12-21(19)22/h5-12,16-17,22-23H,4,13-15H2,1-3H3,(H,27,32)(H,28,29)(H,30,31). The monoisotopic (exact) mass is 452 g/mol. The van der Waals surface area contributed by atoms with Crippen molar-refractivity contribution < 1.29 is 24.2 Å². The predicted octanol–water partition coefficient (Wildman–Crippen LogP) is 4.31. The highest BCUT2D eigenvalue weighted by molar-refractivity contribution is 5.80. The zero-order valence-electron chi connectivity index (χ0n) is 19.3. The van der Waals surface area contributed by atoms with Gasteiger partial charge < -0.3 is 20.5 Å². The van der Waals surface area contributed by atoms with Crippen molar-refractivity contribution >= 4 is 18.0 Å². The van der Waals surface area contributed by atoms with Gasteiger partial charge in [-0.1, -0.05) is 69.3 Å². The average Bonchev–Trinajstić information content (AvgIpc) is 3.10. The van der Waals surface area contributed by atoms with Crippen molar-refractivity contribution in [2.45, 2.75) is 58.0 Å². The lowest BCUT2D eigenvalue weighted by atomic mass is 9.98. The van der Waals surface area contributed by atoms with Crippen LogP contribution in [0.25, 0.3) is 11.1 Å². The molecule has 0 fully saturated rings. The van der Waals surface area contributed by atoms with E-state index in [1.165, 1.54) is 0 Å². The molecule has 7 heteroatoms. The summed E-state index contributed by atoms with van der Waals surface area (Å²) < 4.78 is 5.57. The molecule has 0 bridgehead atoms. The van der Waals surface area contributed by atoms with Crippen LogP contribution in [0.3, 0.4) is 0 Å². The van der Waals surface area contributed by atoms with E-state index >= 15 is 0 Å². The van der Waals surface area contributed by atoms with Crippen LogP contribution in [-0.4, -0.2) is 41.8 Å². The Morgan fingerprint density at radius 1 is 0.939 bits per heavy atom. The zero-order chi connectivity index (χ0) is 24.0. The van der Waals surface area contributed by atoms with Gasteiger partial charge in [-0.2, -0.15) is 0 Å². The van der Waals surface area contributed by atoms with Gasteiger partial charge in [0.05, 0.1) is 6.42 Å². The lowest BCUT2D eigenvalue weighted by Crippen LogP contribution is -2.44. The van der Waals surface area contributed by atoms with Crippen molar-refractivity contribution in [1.29, 1.82) is 0 Å². The van der Waals surface area contributed by atoms with Crippen LogP contribution >= 0.6 is 0 Å². The van der Waals surface area contributed by atoms with E-state index in [1.54, 1.807) is 0 Å². The first-order valence-electron chi connectivity index (χ1n) is 11.4. The molecule has 0 heterocycles. The fourth-order valence-electron chi connectivity index (χ4n) is 4.24. The highest BCUT2D eigenvalue weighted by Crippen LogP contribution is 2.44. The Labute approximate surface area is 194 Å². The van der Waals surface area contributed by atoms with Gasteiger partial charge in [-0.25, -0.2) is 4.79 Å². The van der Waals surface area contributed by atoms with E-state index in [2.05, 4.69) is 34.9 Å². The first kappa shape index (κ1) is 24.3. The number of alkyl carbamates (subject to hydrolysis) is 1. The van der Waals surface area contributed by atoms with Gasteiger partial charge in [-0.15, -0.1) is 0 Å². The number of nitrogens with one attached hydrogen (secondary N) is 2. The summed E-state index contributed by atoms with van der Waals surface area (Å²) >= 11 is 0. The Balaban J connectivity index is 1.55. The first-order valence-corrected chi connectivity index (χ1v) is 11.4. The molecule has 176 valence electrons. The van der Waals surface area contributed by atoms with Gasteiger partial charge in [-0.05, 0) is 34.6 Å². The second-order valence-electron chi connectivity index (χ2n) is 8.80. The number of hydrogen-bond acceptors (Lipinski definition) is 4. The van der Waals surface area contributed by atoms with Crippen LogP contribution in [0.1, 0.15) is 57.1 Å². The number of amides is 2. The van der Waals surface area contributed by atoms with Crippen molar-refractivity contribution in [2.24, 2.45) is 5.92 Å². The Kier molecular flexibility index (Phi) is 8.09. The van der Waals surface area contributed by atoms with Crippen LogP contribution in [0.15, 0.2) is 48.5 Å². The normalized spacial score (nSPS) is 14.2. The minimum Gasteiger partial charge on any atom is -0.481 e. The van der Waals surface area contributed by atoms with Crippen molar-refractivity contribution in [3.8, 4) is 11.1 Å². The second kappa shape index (κ2) is 11.0. The average molecular weight is 453 g/mol. The summed E-state index contributed by atoms with van der Waals surface area (Å²) in [7, 11) is 0. The Morgan fingerprint density at radius 2 is 1.52 bits per heavy atom. The largest absolute Gasteiger partial charge is 0.481 e. The summed E-state index contributed by atoms with van der Waals surface area (Å²) in [5, 5.41) is 14.6. The maximum Gasteiger partial charge on any atom is 0.407 e. The summed E-state index contributed by atoms with van der Waals surface area (Å²) in [5.41, 5.74) is 4.59. The molecule has 7 nitrogen and oxygen atoms in total.